The molecule has 0 aliphatic carbocycles. The molecule has 2 aromatic carbocycles. The number of rotatable bonds is 3. The van der Waals surface area contributed by atoms with E-state index in [2.05, 4.69) is 0 Å². The Morgan fingerprint density at radius 3 is 2.48 bits per heavy atom. The largest absolute Gasteiger partial charge is 0.458 e. The van der Waals surface area contributed by atoms with E-state index < -0.39 is 11.5 Å². The van der Waals surface area contributed by atoms with Gasteiger partial charge in [-0.05, 0) is 29.8 Å². The second kappa shape index (κ2) is 5.21. The van der Waals surface area contributed by atoms with Crippen LogP contribution in [0.1, 0.15) is 31.3 Å². The van der Waals surface area contributed by atoms with Crippen LogP contribution < -0.4 is 0 Å². The zero-order chi connectivity index (χ0) is 15.0. The van der Waals surface area contributed by atoms with Gasteiger partial charge in [0.15, 0.2) is 0 Å². The van der Waals surface area contributed by atoms with Crippen molar-refractivity contribution in [2.45, 2.75) is 25.4 Å². The highest BCUT2D eigenvalue weighted by atomic mass is 35.5. The normalized spacial score (nSPS) is 13.5. The van der Waals surface area contributed by atoms with Crippen molar-refractivity contribution in [2.75, 3.05) is 0 Å². The second-order valence-electron chi connectivity index (χ2n) is 5.82. The van der Waals surface area contributed by atoms with E-state index in [0.29, 0.717) is 10.8 Å². The average molecular weight is 301 g/mol. The lowest BCUT2D eigenvalue weighted by Crippen LogP contribution is -2.26. The molecule has 1 aromatic heterocycles. The van der Waals surface area contributed by atoms with E-state index in [1.165, 1.54) is 0 Å². The fraction of sp³-hybridized carbons (Fsp3) is 0.222. The van der Waals surface area contributed by atoms with Gasteiger partial charge in [0.05, 0.1) is 0 Å². The number of halogens is 1. The molecule has 0 aliphatic heterocycles. The molecule has 1 atom stereocenters. The molecule has 1 N–H and O–H groups in total. The fourth-order valence-electron chi connectivity index (χ4n) is 2.55. The van der Waals surface area contributed by atoms with E-state index in [1.54, 1.807) is 6.07 Å². The first-order valence-corrected chi connectivity index (χ1v) is 7.29. The number of furan rings is 1. The predicted molar refractivity (Wildman–Crippen MR) is 85.7 cm³/mol. The molecule has 21 heavy (non-hydrogen) atoms. The standard InChI is InChI=1S/C18H17ClO2/c1-18(2,13-6-4-3-5-7-13)17(20)16-11-12-10-14(19)8-9-15(12)21-16/h3-11,17,20H,1-2H3. The molecular formula is C18H17ClO2. The molecule has 0 saturated heterocycles. The third-order valence-corrected chi connectivity index (χ3v) is 4.20. The van der Waals surface area contributed by atoms with Crippen molar-refractivity contribution in [3.8, 4) is 0 Å². The van der Waals surface area contributed by atoms with Gasteiger partial charge in [0.1, 0.15) is 17.4 Å². The summed E-state index contributed by atoms with van der Waals surface area (Å²) in [5.41, 5.74) is 1.35. The highest BCUT2D eigenvalue weighted by molar-refractivity contribution is 6.31. The molecule has 0 saturated carbocycles. The van der Waals surface area contributed by atoms with E-state index in [4.69, 9.17) is 16.0 Å². The summed E-state index contributed by atoms with van der Waals surface area (Å²) in [6.45, 7) is 4.01. The average Bonchev–Trinajstić information content (AvgIpc) is 2.90. The van der Waals surface area contributed by atoms with Gasteiger partial charge in [-0.2, -0.15) is 0 Å². The van der Waals surface area contributed by atoms with Crippen LogP contribution in [0, 0.1) is 0 Å². The van der Waals surface area contributed by atoms with Crippen LogP contribution in [0.5, 0.6) is 0 Å². The summed E-state index contributed by atoms with van der Waals surface area (Å²) in [5, 5.41) is 12.3. The van der Waals surface area contributed by atoms with Crippen LogP contribution in [-0.2, 0) is 5.41 Å². The first-order chi connectivity index (χ1) is 9.98. The van der Waals surface area contributed by atoms with Crippen LogP contribution >= 0.6 is 11.6 Å². The van der Waals surface area contributed by atoms with Gasteiger partial charge < -0.3 is 9.52 Å². The minimum Gasteiger partial charge on any atom is -0.458 e. The third-order valence-electron chi connectivity index (χ3n) is 3.97. The highest BCUT2D eigenvalue weighted by Crippen LogP contribution is 2.38. The highest BCUT2D eigenvalue weighted by Gasteiger charge is 2.33. The summed E-state index contributed by atoms with van der Waals surface area (Å²) in [5.74, 6) is 0.557. The molecule has 0 spiro atoms. The van der Waals surface area contributed by atoms with Crippen molar-refractivity contribution in [2.24, 2.45) is 0 Å². The van der Waals surface area contributed by atoms with Gasteiger partial charge in [0.25, 0.3) is 0 Å². The summed E-state index contributed by atoms with van der Waals surface area (Å²) in [6.07, 6.45) is -0.730. The maximum Gasteiger partial charge on any atom is 0.134 e. The summed E-state index contributed by atoms with van der Waals surface area (Å²) in [4.78, 5) is 0. The number of aliphatic hydroxyl groups excluding tert-OH is 1. The molecule has 1 unspecified atom stereocenters. The van der Waals surface area contributed by atoms with Gasteiger partial charge in [-0.3, -0.25) is 0 Å². The lowest BCUT2D eigenvalue weighted by molar-refractivity contribution is 0.0800. The summed E-state index contributed by atoms with van der Waals surface area (Å²) in [7, 11) is 0. The number of hydrogen-bond acceptors (Lipinski definition) is 2. The Morgan fingerprint density at radius 2 is 1.76 bits per heavy atom. The second-order valence-corrected chi connectivity index (χ2v) is 6.26. The maximum atomic E-state index is 10.7. The lowest BCUT2D eigenvalue weighted by Gasteiger charge is -2.29. The van der Waals surface area contributed by atoms with Crippen LogP contribution in [0.2, 0.25) is 5.02 Å². The molecule has 108 valence electrons. The van der Waals surface area contributed by atoms with E-state index in [9.17, 15) is 5.11 Å². The molecule has 1 heterocycles. The van der Waals surface area contributed by atoms with E-state index in [1.807, 2.05) is 62.4 Å². The molecule has 0 aliphatic rings. The van der Waals surface area contributed by atoms with E-state index in [-0.39, 0.29) is 0 Å². The molecule has 3 heteroatoms. The minimum absolute atomic E-state index is 0.446. The molecule has 0 fully saturated rings. The topological polar surface area (TPSA) is 33.4 Å². The van der Waals surface area contributed by atoms with Gasteiger partial charge in [-0.15, -0.1) is 0 Å². The van der Waals surface area contributed by atoms with E-state index >= 15 is 0 Å². The fourth-order valence-corrected chi connectivity index (χ4v) is 2.73. The number of benzene rings is 2. The van der Waals surface area contributed by atoms with Crippen LogP contribution in [0.4, 0.5) is 0 Å². The monoisotopic (exact) mass is 300 g/mol. The molecule has 3 rings (SSSR count). The van der Waals surface area contributed by atoms with Crippen molar-refractivity contribution in [1.29, 1.82) is 0 Å². The van der Waals surface area contributed by atoms with Crippen molar-refractivity contribution in [3.63, 3.8) is 0 Å². The van der Waals surface area contributed by atoms with E-state index in [0.717, 1.165) is 16.5 Å². The number of hydrogen-bond donors (Lipinski definition) is 1. The van der Waals surface area contributed by atoms with Crippen molar-refractivity contribution in [3.05, 3.63) is 70.9 Å². The Kier molecular flexibility index (Phi) is 3.52. The van der Waals surface area contributed by atoms with Gasteiger partial charge in [0.2, 0.25) is 0 Å². The number of fused-ring (bicyclic) bond motifs is 1. The molecular weight excluding hydrogens is 284 g/mol. The third kappa shape index (κ3) is 2.57. The van der Waals surface area contributed by atoms with Crippen molar-refractivity contribution >= 4 is 22.6 Å². The zero-order valence-electron chi connectivity index (χ0n) is 12.0. The van der Waals surface area contributed by atoms with Crippen LogP contribution in [-0.4, -0.2) is 5.11 Å². The number of aliphatic hydroxyl groups is 1. The Bertz CT molecular complexity index is 759. The van der Waals surface area contributed by atoms with Crippen LogP contribution in [0.3, 0.4) is 0 Å². The quantitative estimate of drug-likeness (QED) is 0.730. The van der Waals surface area contributed by atoms with Gasteiger partial charge >= 0.3 is 0 Å². The van der Waals surface area contributed by atoms with Crippen LogP contribution in [0.15, 0.2) is 59.0 Å². The van der Waals surface area contributed by atoms with Gasteiger partial charge in [0, 0.05) is 15.8 Å². The van der Waals surface area contributed by atoms with Crippen molar-refractivity contribution < 1.29 is 9.52 Å². The summed E-state index contributed by atoms with van der Waals surface area (Å²) < 4.78 is 5.78. The zero-order valence-corrected chi connectivity index (χ0v) is 12.8. The Hall–Kier alpha value is -1.77. The Labute approximate surface area is 129 Å². The SMILES string of the molecule is CC(C)(c1ccccc1)C(O)c1cc2cc(Cl)ccc2o1. The Balaban J connectivity index is 2.01. The van der Waals surface area contributed by atoms with Gasteiger partial charge in [-0.1, -0.05) is 55.8 Å². The molecule has 0 bridgehead atoms. The molecule has 0 radical (unpaired) electrons. The van der Waals surface area contributed by atoms with Gasteiger partial charge in [-0.25, -0.2) is 0 Å². The first-order valence-electron chi connectivity index (χ1n) is 6.91. The summed E-state index contributed by atoms with van der Waals surface area (Å²) >= 11 is 5.99. The predicted octanol–water partition coefficient (Wildman–Crippen LogP) is 5.10. The lowest BCUT2D eigenvalue weighted by atomic mass is 9.78. The Morgan fingerprint density at radius 1 is 1.05 bits per heavy atom. The van der Waals surface area contributed by atoms with Crippen molar-refractivity contribution in [1.82, 2.24) is 0 Å². The smallest absolute Gasteiger partial charge is 0.134 e. The molecule has 3 aromatic rings. The van der Waals surface area contributed by atoms with Crippen LogP contribution in [0.25, 0.3) is 11.0 Å². The molecule has 2 nitrogen and oxygen atoms in total. The maximum absolute atomic E-state index is 10.7. The molecule has 0 amide bonds. The first kappa shape index (κ1) is 14.2. The summed E-state index contributed by atoms with van der Waals surface area (Å²) in [6, 6.07) is 17.3. The minimum atomic E-state index is -0.730.